The molecule has 0 aliphatic rings. The summed E-state index contributed by atoms with van der Waals surface area (Å²) in [6.07, 6.45) is 23.5. The van der Waals surface area contributed by atoms with Crippen LogP contribution < -0.4 is 5.32 Å². The lowest BCUT2D eigenvalue weighted by Crippen LogP contribution is -2.26. The van der Waals surface area contributed by atoms with E-state index in [-0.39, 0.29) is 0 Å². The van der Waals surface area contributed by atoms with Gasteiger partial charge in [0.25, 0.3) is 0 Å². The molecule has 0 aromatic heterocycles. The van der Waals surface area contributed by atoms with Crippen LogP contribution in [0.1, 0.15) is 129 Å². The van der Waals surface area contributed by atoms with Crippen molar-refractivity contribution in [2.45, 2.75) is 129 Å². The molecule has 0 aliphatic heterocycles. The van der Waals surface area contributed by atoms with Gasteiger partial charge in [0, 0.05) is 13.2 Å². The molecule has 0 aromatic rings. The molecule has 29 heavy (non-hydrogen) atoms. The zero-order valence-electron chi connectivity index (χ0n) is 20.1. The fourth-order valence-electron chi connectivity index (χ4n) is 4.11. The minimum Gasteiger partial charge on any atom is -0.396 e. The lowest BCUT2D eigenvalue weighted by molar-refractivity contribution is 0.282. The number of unbranched alkanes of at least 4 members (excludes halogenated alkanes) is 14. The third kappa shape index (κ3) is 24.0. The third-order valence-electron chi connectivity index (χ3n) is 6.20. The van der Waals surface area contributed by atoms with Crippen LogP contribution >= 0.6 is 0 Å². The Hall–Kier alpha value is -0.120. The standard InChI is InChI=1S/C26H55NO2/c1-25(19-15-11-7-3-5-9-13-17-21-28)23-27-24-26(2)20-16-12-8-4-6-10-14-18-22-29/h25-29H,3-24H2,1-2H3. The van der Waals surface area contributed by atoms with Crippen molar-refractivity contribution in [3.8, 4) is 0 Å². The second-order valence-electron chi connectivity index (χ2n) is 9.55. The van der Waals surface area contributed by atoms with Gasteiger partial charge in [0.05, 0.1) is 0 Å². The first-order valence-corrected chi connectivity index (χ1v) is 13.1. The van der Waals surface area contributed by atoms with Crippen molar-refractivity contribution >= 4 is 0 Å². The molecule has 3 nitrogen and oxygen atoms in total. The van der Waals surface area contributed by atoms with Crippen molar-refractivity contribution < 1.29 is 10.2 Å². The molecule has 0 aliphatic carbocycles. The Bertz CT molecular complexity index is 270. The van der Waals surface area contributed by atoms with Gasteiger partial charge in [-0.15, -0.1) is 0 Å². The number of aliphatic hydroxyl groups is 2. The minimum atomic E-state index is 0.359. The molecule has 0 fully saturated rings. The van der Waals surface area contributed by atoms with Crippen molar-refractivity contribution in [2.24, 2.45) is 11.8 Å². The van der Waals surface area contributed by atoms with Gasteiger partial charge in [-0.1, -0.05) is 104 Å². The van der Waals surface area contributed by atoms with Crippen LogP contribution in [0.5, 0.6) is 0 Å². The van der Waals surface area contributed by atoms with E-state index in [0.717, 1.165) is 24.7 Å². The zero-order valence-corrected chi connectivity index (χ0v) is 20.1. The second-order valence-corrected chi connectivity index (χ2v) is 9.55. The molecular formula is C26H55NO2. The lowest BCUT2D eigenvalue weighted by atomic mass is 10.00. The summed E-state index contributed by atoms with van der Waals surface area (Å²) >= 11 is 0. The molecule has 2 atom stereocenters. The first-order chi connectivity index (χ1) is 14.2. The predicted octanol–water partition coefficient (Wildman–Crippen LogP) is 6.85. The van der Waals surface area contributed by atoms with Crippen molar-refractivity contribution in [3.63, 3.8) is 0 Å². The van der Waals surface area contributed by atoms with Crippen LogP contribution in [0, 0.1) is 11.8 Å². The molecule has 176 valence electrons. The van der Waals surface area contributed by atoms with Crippen LogP contribution in [-0.2, 0) is 0 Å². The van der Waals surface area contributed by atoms with Gasteiger partial charge in [0.15, 0.2) is 0 Å². The fraction of sp³-hybridized carbons (Fsp3) is 1.00. The summed E-state index contributed by atoms with van der Waals surface area (Å²) in [6, 6.07) is 0. The molecule has 0 aromatic carbocycles. The molecular weight excluding hydrogens is 358 g/mol. The summed E-state index contributed by atoms with van der Waals surface area (Å²) in [7, 11) is 0. The van der Waals surface area contributed by atoms with Gasteiger partial charge in [-0.2, -0.15) is 0 Å². The number of rotatable bonds is 24. The summed E-state index contributed by atoms with van der Waals surface area (Å²) in [5.41, 5.74) is 0. The molecule has 0 heterocycles. The van der Waals surface area contributed by atoms with Crippen molar-refractivity contribution in [1.29, 1.82) is 0 Å². The Kier molecular flexibility index (Phi) is 24.1. The molecule has 0 amide bonds. The Labute approximate surface area is 183 Å². The van der Waals surface area contributed by atoms with Crippen molar-refractivity contribution in [1.82, 2.24) is 5.32 Å². The summed E-state index contributed by atoms with van der Waals surface area (Å²) in [5.74, 6) is 1.61. The van der Waals surface area contributed by atoms with E-state index in [1.54, 1.807) is 0 Å². The highest BCUT2D eigenvalue weighted by Crippen LogP contribution is 2.14. The van der Waals surface area contributed by atoms with E-state index in [1.807, 2.05) is 0 Å². The highest BCUT2D eigenvalue weighted by Gasteiger charge is 2.05. The Morgan fingerprint density at radius 2 is 0.724 bits per heavy atom. The smallest absolute Gasteiger partial charge is 0.0431 e. The molecule has 0 saturated carbocycles. The van der Waals surface area contributed by atoms with Gasteiger partial charge in [-0.3, -0.25) is 0 Å². The van der Waals surface area contributed by atoms with Crippen LogP contribution in [-0.4, -0.2) is 36.5 Å². The Morgan fingerprint density at radius 1 is 0.448 bits per heavy atom. The largest absolute Gasteiger partial charge is 0.396 e. The SMILES string of the molecule is CC(CCCCCCCCCCO)CNCC(C)CCCCCCCCCCO. The molecule has 0 saturated heterocycles. The van der Waals surface area contributed by atoms with Crippen LogP contribution in [0.25, 0.3) is 0 Å². The average Bonchev–Trinajstić information content (AvgIpc) is 2.71. The number of hydrogen-bond donors (Lipinski definition) is 3. The monoisotopic (exact) mass is 413 g/mol. The fourth-order valence-corrected chi connectivity index (χ4v) is 4.11. The first-order valence-electron chi connectivity index (χ1n) is 13.1. The molecule has 0 spiro atoms. The van der Waals surface area contributed by atoms with E-state index < -0.39 is 0 Å². The zero-order chi connectivity index (χ0) is 21.4. The van der Waals surface area contributed by atoms with E-state index in [0.29, 0.717) is 13.2 Å². The number of aliphatic hydroxyl groups excluding tert-OH is 2. The van der Waals surface area contributed by atoms with Crippen LogP contribution in [0.3, 0.4) is 0 Å². The van der Waals surface area contributed by atoms with E-state index in [1.165, 1.54) is 116 Å². The van der Waals surface area contributed by atoms with Crippen molar-refractivity contribution in [3.05, 3.63) is 0 Å². The van der Waals surface area contributed by atoms with E-state index in [9.17, 15) is 0 Å². The molecule has 3 N–H and O–H groups in total. The number of hydrogen-bond acceptors (Lipinski definition) is 3. The summed E-state index contributed by atoms with van der Waals surface area (Å²) in [6.45, 7) is 7.87. The van der Waals surface area contributed by atoms with Crippen LogP contribution in [0.2, 0.25) is 0 Å². The van der Waals surface area contributed by atoms with Gasteiger partial charge in [-0.25, -0.2) is 0 Å². The normalized spacial score (nSPS) is 13.7. The lowest BCUT2D eigenvalue weighted by Gasteiger charge is -2.16. The predicted molar refractivity (Wildman–Crippen MR) is 128 cm³/mol. The van der Waals surface area contributed by atoms with Crippen LogP contribution in [0.4, 0.5) is 0 Å². The first kappa shape index (κ1) is 28.9. The van der Waals surface area contributed by atoms with Gasteiger partial charge in [-0.05, 0) is 50.6 Å². The van der Waals surface area contributed by atoms with E-state index in [4.69, 9.17) is 10.2 Å². The van der Waals surface area contributed by atoms with Gasteiger partial charge >= 0.3 is 0 Å². The summed E-state index contributed by atoms with van der Waals surface area (Å²) < 4.78 is 0. The van der Waals surface area contributed by atoms with Gasteiger partial charge < -0.3 is 15.5 Å². The summed E-state index contributed by atoms with van der Waals surface area (Å²) in [5, 5.41) is 21.2. The topological polar surface area (TPSA) is 52.5 Å². The van der Waals surface area contributed by atoms with E-state index in [2.05, 4.69) is 19.2 Å². The number of nitrogens with one attached hydrogen (secondary N) is 1. The highest BCUT2D eigenvalue weighted by molar-refractivity contribution is 4.62. The van der Waals surface area contributed by atoms with Gasteiger partial charge in [0.2, 0.25) is 0 Å². The molecule has 0 bridgehead atoms. The maximum absolute atomic E-state index is 8.77. The molecule has 0 radical (unpaired) electrons. The van der Waals surface area contributed by atoms with Crippen molar-refractivity contribution in [2.75, 3.05) is 26.3 Å². The van der Waals surface area contributed by atoms with E-state index >= 15 is 0 Å². The summed E-state index contributed by atoms with van der Waals surface area (Å²) in [4.78, 5) is 0. The van der Waals surface area contributed by atoms with Crippen LogP contribution in [0.15, 0.2) is 0 Å². The third-order valence-corrected chi connectivity index (χ3v) is 6.20. The Morgan fingerprint density at radius 3 is 1.03 bits per heavy atom. The highest BCUT2D eigenvalue weighted by atomic mass is 16.3. The maximum atomic E-state index is 8.77. The second kappa shape index (κ2) is 24.2. The molecule has 0 rings (SSSR count). The Balaban J connectivity index is 3.28. The van der Waals surface area contributed by atoms with Gasteiger partial charge in [0.1, 0.15) is 0 Å². The average molecular weight is 414 g/mol. The maximum Gasteiger partial charge on any atom is 0.0431 e. The minimum absolute atomic E-state index is 0.359. The quantitative estimate of drug-likeness (QED) is 0.152. The molecule has 3 heteroatoms. The molecule has 2 unspecified atom stereocenters.